The number of rotatable bonds is 6. The van der Waals surface area contributed by atoms with Crippen LogP contribution in [0, 0.1) is 23.7 Å². The number of ether oxygens (including phenoxy) is 2. The summed E-state index contributed by atoms with van der Waals surface area (Å²) in [5.41, 5.74) is -0.255. The average molecular weight is 634 g/mol. The van der Waals surface area contributed by atoms with Crippen LogP contribution in [0.1, 0.15) is 32.6 Å². The molecule has 6 aliphatic rings. The Morgan fingerprint density at radius 1 is 0.977 bits per heavy atom. The minimum atomic E-state index is -4.38. The van der Waals surface area contributed by atoms with Crippen LogP contribution >= 0.6 is 11.8 Å². The first-order chi connectivity index (χ1) is 20.5. The van der Waals surface area contributed by atoms with E-state index in [0.29, 0.717) is 37.6 Å². The largest absolute Gasteiger partial charge is 0.403 e. The second kappa shape index (κ2) is 12.9. The van der Waals surface area contributed by atoms with E-state index in [2.05, 4.69) is 38.4 Å². The van der Waals surface area contributed by atoms with Gasteiger partial charge < -0.3 is 30.3 Å². The summed E-state index contributed by atoms with van der Waals surface area (Å²) in [4.78, 5) is 31.3. The maximum atomic E-state index is 13.8. The van der Waals surface area contributed by atoms with Crippen molar-refractivity contribution in [3.63, 3.8) is 0 Å². The molecular formula is C28H46F3N7O4S. The van der Waals surface area contributed by atoms with Crippen molar-refractivity contribution in [1.82, 2.24) is 36.4 Å². The van der Waals surface area contributed by atoms with Crippen LogP contribution in [0.2, 0.25) is 0 Å². The minimum Gasteiger partial charge on any atom is -0.380 e. The number of likely N-dealkylation sites (tertiary alicyclic amines) is 1. The predicted molar refractivity (Wildman–Crippen MR) is 155 cm³/mol. The van der Waals surface area contributed by atoms with E-state index in [0.717, 1.165) is 32.6 Å². The van der Waals surface area contributed by atoms with E-state index in [-0.39, 0.29) is 59.4 Å². The molecule has 244 valence electrons. The number of nitrogens with zero attached hydrogens (tertiary/aromatic N) is 2. The number of carbonyl (C=O) groups is 2. The lowest BCUT2D eigenvalue weighted by atomic mass is 9.69. The number of hydrogen-bond acceptors (Lipinski definition) is 10. The maximum Gasteiger partial charge on any atom is 0.403 e. The summed E-state index contributed by atoms with van der Waals surface area (Å²) in [6.45, 7) is 6.51. The summed E-state index contributed by atoms with van der Waals surface area (Å²) >= 11 is 1.61. The highest BCUT2D eigenvalue weighted by atomic mass is 32.2. The van der Waals surface area contributed by atoms with Gasteiger partial charge in [0.2, 0.25) is 11.8 Å². The Kier molecular flexibility index (Phi) is 9.53. The molecule has 43 heavy (non-hydrogen) atoms. The van der Waals surface area contributed by atoms with Gasteiger partial charge >= 0.3 is 6.18 Å². The molecule has 0 aliphatic carbocycles. The van der Waals surface area contributed by atoms with Gasteiger partial charge in [0, 0.05) is 77.0 Å². The first-order valence-electron chi connectivity index (χ1n) is 15.6. The zero-order valence-corrected chi connectivity index (χ0v) is 25.9. The fourth-order valence-corrected chi connectivity index (χ4v) is 9.76. The fraction of sp³-hybridized carbons (Fsp3) is 0.929. The second-order valence-electron chi connectivity index (χ2n) is 13.2. The number of amides is 2. The molecule has 12 atom stereocenters. The van der Waals surface area contributed by atoms with E-state index in [1.165, 1.54) is 7.11 Å². The second-order valence-corrected chi connectivity index (χ2v) is 14.6. The van der Waals surface area contributed by atoms with Crippen LogP contribution < -0.4 is 26.6 Å². The number of carbonyl (C=O) groups excluding carboxylic acids is 2. The van der Waals surface area contributed by atoms with Gasteiger partial charge in [-0.1, -0.05) is 0 Å². The van der Waals surface area contributed by atoms with Crippen molar-refractivity contribution in [3.8, 4) is 0 Å². The van der Waals surface area contributed by atoms with E-state index >= 15 is 0 Å². The van der Waals surface area contributed by atoms with Crippen molar-refractivity contribution >= 4 is 23.6 Å². The molecule has 6 aliphatic heterocycles. The van der Waals surface area contributed by atoms with Crippen molar-refractivity contribution in [2.75, 3.05) is 53.6 Å². The molecule has 6 rings (SSSR count). The van der Waals surface area contributed by atoms with Crippen LogP contribution in [0.4, 0.5) is 13.2 Å². The molecule has 0 spiro atoms. The lowest BCUT2D eigenvalue weighted by molar-refractivity contribution is -0.183. The average Bonchev–Trinajstić information content (AvgIpc) is 3.70. The fourth-order valence-electron chi connectivity index (χ4n) is 8.35. The molecule has 2 amide bonds. The van der Waals surface area contributed by atoms with Crippen molar-refractivity contribution < 1.29 is 32.2 Å². The standard InChI is InChI=1S/C28H46F3N7O4S/c1-14-6-17(18-7-15-8-32-13-38(15)11-21(18)41-2)19(9-33-14)24(39)36-27-34-20-10-37(12-22(20)43-27)26(40)16-4-5-23(28(29,30)31)35-25(16)42-3/h14-23,25,27,32-35H,4-13H2,1-3H3,(H,36,39). The quantitative estimate of drug-likeness (QED) is 0.276. The lowest BCUT2D eigenvalue weighted by Crippen LogP contribution is -2.58. The summed E-state index contributed by atoms with van der Waals surface area (Å²) in [7, 11) is 3.11. The smallest absolute Gasteiger partial charge is 0.380 e. The molecule has 6 fully saturated rings. The van der Waals surface area contributed by atoms with E-state index in [9.17, 15) is 22.8 Å². The van der Waals surface area contributed by atoms with Crippen LogP contribution in [0.25, 0.3) is 0 Å². The molecule has 5 N–H and O–H groups in total. The molecule has 6 heterocycles. The molecule has 0 aromatic heterocycles. The Labute approximate surface area is 255 Å². The Bertz CT molecular complexity index is 1020. The van der Waals surface area contributed by atoms with Gasteiger partial charge in [0.25, 0.3) is 0 Å². The minimum absolute atomic E-state index is 0.00270. The van der Waals surface area contributed by atoms with E-state index in [1.54, 1.807) is 23.8 Å². The maximum absolute atomic E-state index is 13.8. The third-order valence-corrected chi connectivity index (χ3v) is 12.0. The molecule has 0 aromatic rings. The summed E-state index contributed by atoms with van der Waals surface area (Å²) < 4.78 is 50.9. The number of hydrogen-bond donors (Lipinski definition) is 5. The number of nitrogens with one attached hydrogen (secondary N) is 5. The van der Waals surface area contributed by atoms with Crippen molar-refractivity contribution in [3.05, 3.63) is 0 Å². The third kappa shape index (κ3) is 6.56. The molecule has 0 radical (unpaired) electrons. The first kappa shape index (κ1) is 31.8. The highest BCUT2D eigenvalue weighted by molar-refractivity contribution is 8.00. The Morgan fingerprint density at radius 2 is 1.79 bits per heavy atom. The van der Waals surface area contributed by atoms with Gasteiger partial charge in [0.15, 0.2) is 0 Å². The Hall–Kier alpha value is -1.20. The van der Waals surface area contributed by atoms with Crippen LogP contribution in [0.5, 0.6) is 0 Å². The summed E-state index contributed by atoms with van der Waals surface area (Å²) in [6, 6.07) is -0.852. The van der Waals surface area contributed by atoms with Gasteiger partial charge in [0.05, 0.1) is 17.9 Å². The SMILES string of the molecule is COC1CN2CNCC2CC1C1CC(C)NCC1C(=O)NC1NC2CN(C(=O)C3CCC(C(F)(F)F)NC3OC)CC2S1. The highest BCUT2D eigenvalue weighted by Gasteiger charge is 2.51. The van der Waals surface area contributed by atoms with Gasteiger partial charge in [0.1, 0.15) is 17.8 Å². The van der Waals surface area contributed by atoms with Gasteiger partial charge in [-0.05, 0) is 44.4 Å². The van der Waals surface area contributed by atoms with Crippen LogP contribution in [0.15, 0.2) is 0 Å². The molecule has 0 bridgehead atoms. The predicted octanol–water partition coefficient (Wildman–Crippen LogP) is 0.0854. The number of piperidine rings is 3. The molecule has 0 aromatic carbocycles. The summed E-state index contributed by atoms with van der Waals surface area (Å²) in [5.74, 6) is -0.433. The lowest BCUT2D eigenvalue weighted by Gasteiger charge is -2.47. The monoisotopic (exact) mass is 633 g/mol. The topological polar surface area (TPSA) is 119 Å². The molecule has 11 nitrogen and oxygen atoms in total. The summed E-state index contributed by atoms with van der Waals surface area (Å²) in [5, 5.41) is 16.3. The van der Waals surface area contributed by atoms with Crippen LogP contribution in [-0.2, 0) is 19.1 Å². The molecular weight excluding hydrogens is 587 g/mol. The highest BCUT2D eigenvalue weighted by Crippen LogP contribution is 2.40. The Balaban J connectivity index is 1.03. The van der Waals surface area contributed by atoms with Gasteiger partial charge in [-0.15, -0.1) is 11.8 Å². The number of fused-ring (bicyclic) bond motifs is 2. The number of thioether (sulfide) groups is 1. The van der Waals surface area contributed by atoms with Crippen molar-refractivity contribution in [2.45, 2.75) is 86.0 Å². The van der Waals surface area contributed by atoms with Gasteiger partial charge in [-0.3, -0.25) is 25.1 Å². The number of halogens is 3. The molecule has 15 heteroatoms. The van der Waals surface area contributed by atoms with Crippen molar-refractivity contribution in [1.29, 1.82) is 0 Å². The number of alkyl halides is 3. The zero-order valence-electron chi connectivity index (χ0n) is 25.1. The normalized spacial score (nSPS) is 43.8. The van der Waals surface area contributed by atoms with Crippen LogP contribution in [-0.4, -0.2) is 129 Å². The number of methoxy groups -OCH3 is 2. The van der Waals surface area contributed by atoms with E-state index in [4.69, 9.17) is 9.47 Å². The van der Waals surface area contributed by atoms with Gasteiger partial charge in [-0.2, -0.15) is 13.2 Å². The van der Waals surface area contributed by atoms with E-state index < -0.39 is 24.4 Å². The van der Waals surface area contributed by atoms with Crippen LogP contribution in [0.3, 0.4) is 0 Å². The molecule has 12 unspecified atom stereocenters. The zero-order chi connectivity index (χ0) is 30.5. The summed E-state index contributed by atoms with van der Waals surface area (Å²) in [6.07, 6.45) is -3.34. The molecule has 0 saturated carbocycles. The third-order valence-electron chi connectivity index (χ3n) is 10.7. The van der Waals surface area contributed by atoms with E-state index in [1.807, 2.05) is 0 Å². The van der Waals surface area contributed by atoms with Crippen molar-refractivity contribution in [2.24, 2.45) is 23.7 Å². The Morgan fingerprint density at radius 3 is 2.51 bits per heavy atom. The first-order valence-corrected chi connectivity index (χ1v) is 16.6. The van der Waals surface area contributed by atoms with Gasteiger partial charge in [-0.25, -0.2) is 0 Å². The molecule has 6 saturated heterocycles.